The molecule has 0 aliphatic rings. The first-order chi connectivity index (χ1) is 8.76. The molecule has 1 rings (SSSR count). The van der Waals surface area contributed by atoms with Crippen molar-refractivity contribution in [2.45, 2.75) is 39.0 Å². The van der Waals surface area contributed by atoms with Gasteiger partial charge in [-0.25, -0.2) is 0 Å². The molecule has 100 valence electrons. The van der Waals surface area contributed by atoms with E-state index in [1.807, 2.05) is 12.1 Å². The Kier molecular flexibility index (Phi) is 6.69. The standard InChI is InChI=1S/C14H22N2O2/c1-2-5-12-7-9-13(10-8-12)18-11-4-3-6-14(15)16-17/h7-10,17H,2-6,11H2,1H3,(H2,15,16). The van der Waals surface area contributed by atoms with Crippen molar-refractivity contribution in [3.63, 3.8) is 0 Å². The van der Waals surface area contributed by atoms with E-state index in [1.54, 1.807) is 0 Å². The van der Waals surface area contributed by atoms with Crippen LogP contribution in [0.3, 0.4) is 0 Å². The van der Waals surface area contributed by atoms with E-state index in [-0.39, 0.29) is 5.84 Å². The second-order valence-corrected chi connectivity index (χ2v) is 4.29. The Hall–Kier alpha value is -1.71. The smallest absolute Gasteiger partial charge is 0.139 e. The summed E-state index contributed by atoms with van der Waals surface area (Å²) >= 11 is 0. The fraction of sp³-hybridized carbons (Fsp3) is 0.500. The van der Waals surface area contributed by atoms with Crippen LogP contribution >= 0.6 is 0 Å². The molecule has 1 aromatic rings. The molecule has 4 nitrogen and oxygen atoms in total. The zero-order valence-corrected chi connectivity index (χ0v) is 10.9. The highest BCUT2D eigenvalue weighted by molar-refractivity contribution is 5.79. The second-order valence-electron chi connectivity index (χ2n) is 4.29. The Balaban J connectivity index is 2.19. The van der Waals surface area contributed by atoms with E-state index < -0.39 is 0 Å². The quantitative estimate of drug-likeness (QED) is 0.245. The number of rotatable bonds is 8. The average Bonchev–Trinajstić information content (AvgIpc) is 2.40. The molecule has 4 heteroatoms. The molecule has 0 atom stereocenters. The second kappa shape index (κ2) is 8.39. The number of oxime groups is 1. The van der Waals surface area contributed by atoms with E-state index in [0.717, 1.165) is 31.4 Å². The predicted octanol–water partition coefficient (Wildman–Crippen LogP) is 2.93. The molecule has 0 unspecified atom stereocenters. The first-order valence-electron chi connectivity index (χ1n) is 6.44. The largest absolute Gasteiger partial charge is 0.494 e. The van der Waals surface area contributed by atoms with Gasteiger partial charge in [0.05, 0.1) is 6.61 Å². The summed E-state index contributed by atoms with van der Waals surface area (Å²) in [7, 11) is 0. The zero-order chi connectivity index (χ0) is 13.2. The van der Waals surface area contributed by atoms with Crippen molar-refractivity contribution in [2.75, 3.05) is 6.61 Å². The molecular formula is C14H22N2O2. The summed E-state index contributed by atoms with van der Waals surface area (Å²) in [6.45, 7) is 2.83. The predicted molar refractivity (Wildman–Crippen MR) is 73.2 cm³/mol. The minimum Gasteiger partial charge on any atom is -0.494 e. The van der Waals surface area contributed by atoms with Crippen molar-refractivity contribution in [1.82, 2.24) is 0 Å². The molecule has 0 bridgehead atoms. The number of nitrogens with two attached hydrogens (primary N) is 1. The van der Waals surface area contributed by atoms with Gasteiger partial charge in [-0.2, -0.15) is 0 Å². The maximum atomic E-state index is 8.37. The maximum Gasteiger partial charge on any atom is 0.139 e. The van der Waals surface area contributed by atoms with Crippen molar-refractivity contribution in [3.8, 4) is 5.75 Å². The molecule has 18 heavy (non-hydrogen) atoms. The Bertz CT molecular complexity index is 361. The molecule has 0 heterocycles. The lowest BCUT2D eigenvalue weighted by atomic mass is 10.1. The number of nitrogens with zero attached hydrogens (tertiary/aromatic N) is 1. The van der Waals surface area contributed by atoms with Crippen LogP contribution < -0.4 is 10.5 Å². The van der Waals surface area contributed by atoms with E-state index in [9.17, 15) is 0 Å². The lowest BCUT2D eigenvalue weighted by molar-refractivity contribution is 0.304. The number of aryl methyl sites for hydroxylation is 1. The van der Waals surface area contributed by atoms with Crippen LogP contribution in [-0.4, -0.2) is 17.6 Å². The molecule has 0 aliphatic carbocycles. The van der Waals surface area contributed by atoms with Gasteiger partial charge in [0.25, 0.3) is 0 Å². The molecule has 0 amide bonds. The monoisotopic (exact) mass is 250 g/mol. The van der Waals surface area contributed by atoms with Crippen molar-refractivity contribution in [1.29, 1.82) is 0 Å². The zero-order valence-electron chi connectivity index (χ0n) is 10.9. The molecule has 0 aliphatic heterocycles. The van der Waals surface area contributed by atoms with Crippen molar-refractivity contribution >= 4 is 5.84 Å². The van der Waals surface area contributed by atoms with Gasteiger partial charge in [-0.05, 0) is 37.0 Å². The van der Waals surface area contributed by atoms with Gasteiger partial charge < -0.3 is 15.7 Å². The van der Waals surface area contributed by atoms with E-state index in [1.165, 1.54) is 5.56 Å². The topological polar surface area (TPSA) is 67.8 Å². The molecule has 3 N–H and O–H groups in total. The van der Waals surface area contributed by atoms with Crippen molar-refractivity contribution < 1.29 is 9.94 Å². The molecule has 0 spiro atoms. The number of hydrogen-bond acceptors (Lipinski definition) is 3. The van der Waals surface area contributed by atoms with Crippen molar-refractivity contribution in [2.24, 2.45) is 10.9 Å². The number of unbranched alkanes of at least 4 members (excludes halogenated alkanes) is 1. The summed E-state index contributed by atoms with van der Waals surface area (Å²) < 4.78 is 5.61. The number of hydrogen-bond donors (Lipinski definition) is 2. The highest BCUT2D eigenvalue weighted by Gasteiger charge is 1.97. The van der Waals surface area contributed by atoms with Gasteiger partial charge in [-0.1, -0.05) is 30.6 Å². The van der Waals surface area contributed by atoms with Gasteiger partial charge in [-0.3, -0.25) is 0 Å². The molecule has 0 aromatic heterocycles. The molecule has 0 saturated heterocycles. The maximum absolute atomic E-state index is 8.37. The number of ether oxygens (including phenoxy) is 1. The molecule has 0 fully saturated rings. The minimum absolute atomic E-state index is 0.277. The summed E-state index contributed by atoms with van der Waals surface area (Å²) in [6, 6.07) is 8.23. The lowest BCUT2D eigenvalue weighted by Crippen LogP contribution is -2.11. The SMILES string of the molecule is CCCc1ccc(OCCCCC(N)=NO)cc1. The van der Waals surface area contributed by atoms with Crippen LogP contribution in [0, 0.1) is 0 Å². The summed E-state index contributed by atoms with van der Waals surface area (Å²) in [5.74, 6) is 1.18. The Morgan fingerprint density at radius 3 is 2.61 bits per heavy atom. The van der Waals surface area contributed by atoms with E-state index in [2.05, 4.69) is 24.2 Å². The first-order valence-corrected chi connectivity index (χ1v) is 6.44. The summed E-state index contributed by atoms with van der Waals surface area (Å²) in [4.78, 5) is 0. The minimum atomic E-state index is 0.277. The van der Waals surface area contributed by atoms with Gasteiger partial charge >= 0.3 is 0 Å². The van der Waals surface area contributed by atoms with Gasteiger partial charge in [0.15, 0.2) is 0 Å². The average molecular weight is 250 g/mol. The fourth-order valence-corrected chi connectivity index (χ4v) is 1.69. The van der Waals surface area contributed by atoms with Gasteiger partial charge in [0, 0.05) is 6.42 Å². The highest BCUT2D eigenvalue weighted by atomic mass is 16.5. The van der Waals surface area contributed by atoms with E-state index >= 15 is 0 Å². The number of amidine groups is 1. The van der Waals surface area contributed by atoms with E-state index in [0.29, 0.717) is 13.0 Å². The molecule has 1 aromatic carbocycles. The third kappa shape index (κ3) is 5.57. The third-order valence-corrected chi connectivity index (χ3v) is 2.69. The number of benzene rings is 1. The van der Waals surface area contributed by atoms with Crippen LogP contribution in [0.5, 0.6) is 5.75 Å². The van der Waals surface area contributed by atoms with Gasteiger partial charge in [0.2, 0.25) is 0 Å². The Labute approximate surface area is 108 Å². The van der Waals surface area contributed by atoms with Gasteiger partial charge in [-0.15, -0.1) is 0 Å². The normalized spacial score (nSPS) is 11.5. The molecule has 0 radical (unpaired) electrons. The molecule has 0 saturated carbocycles. The molecular weight excluding hydrogens is 228 g/mol. The van der Waals surface area contributed by atoms with Crippen molar-refractivity contribution in [3.05, 3.63) is 29.8 Å². The van der Waals surface area contributed by atoms with Gasteiger partial charge in [0.1, 0.15) is 11.6 Å². The van der Waals surface area contributed by atoms with Crippen LogP contribution in [-0.2, 0) is 6.42 Å². The third-order valence-electron chi connectivity index (χ3n) is 2.69. The Morgan fingerprint density at radius 2 is 2.00 bits per heavy atom. The van der Waals surface area contributed by atoms with Crippen LogP contribution in [0.25, 0.3) is 0 Å². The highest BCUT2D eigenvalue weighted by Crippen LogP contribution is 2.13. The fourth-order valence-electron chi connectivity index (χ4n) is 1.69. The van der Waals surface area contributed by atoms with Crippen LogP contribution in [0.2, 0.25) is 0 Å². The first kappa shape index (κ1) is 14.4. The summed E-state index contributed by atoms with van der Waals surface area (Å²) in [5.41, 5.74) is 6.71. The van der Waals surface area contributed by atoms with Crippen LogP contribution in [0.15, 0.2) is 29.4 Å². The van der Waals surface area contributed by atoms with E-state index in [4.69, 9.17) is 15.7 Å². The Morgan fingerprint density at radius 1 is 1.28 bits per heavy atom. The summed E-state index contributed by atoms with van der Waals surface area (Å²) in [6.07, 6.45) is 4.64. The summed E-state index contributed by atoms with van der Waals surface area (Å²) in [5, 5.41) is 11.3. The van der Waals surface area contributed by atoms with Crippen LogP contribution in [0.1, 0.15) is 38.2 Å². The lowest BCUT2D eigenvalue weighted by Gasteiger charge is -2.06. The van der Waals surface area contributed by atoms with Crippen LogP contribution in [0.4, 0.5) is 0 Å².